The van der Waals surface area contributed by atoms with Gasteiger partial charge in [0.05, 0.1) is 18.7 Å². The average molecular weight is 399 g/mol. The van der Waals surface area contributed by atoms with Gasteiger partial charge in [0.15, 0.2) is 6.61 Å². The first-order valence-corrected chi connectivity index (χ1v) is 9.34. The number of rotatable bonds is 7. The van der Waals surface area contributed by atoms with Gasteiger partial charge in [0.1, 0.15) is 11.6 Å². The molecule has 7 heteroatoms. The molecule has 0 radical (unpaired) electrons. The van der Waals surface area contributed by atoms with E-state index in [1.165, 1.54) is 30.6 Å². The predicted molar refractivity (Wildman–Crippen MR) is 104 cm³/mol. The molecule has 0 aliphatic rings. The number of hydrogen-bond acceptors (Lipinski definition) is 5. The Morgan fingerprint density at radius 2 is 1.79 bits per heavy atom. The van der Waals surface area contributed by atoms with Crippen LogP contribution in [0.25, 0.3) is 0 Å². The Balaban J connectivity index is 1.63. The van der Waals surface area contributed by atoms with E-state index in [1.54, 1.807) is 36.4 Å². The van der Waals surface area contributed by atoms with Crippen LogP contribution in [0.2, 0.25) is 0 Å². The van der Waals surface area contributed by atoms with Gasteiger partial charge < -0.3 is 14.8 Å². The van der Waals surface area contributed by atoms with E-state index in [2.05, 4.69) is 5.32 Å². The molecule has 3 aromatic rings. The highest BCUT2D eigenvalue weighted by atomic mass is 32.1. The smallest absolute Gasteiger partial charge is 0.338 e. The van der Waals surface area contributed by atoms with Crippen molar-refractivity contribution >= 4 is 23.2 Å². The molecule has 1 heterocycles. The Morgan fingerprint density at radius 3 is 2.39 bits per heavy atom. The standard InChI is InChI=1S/C21H18FNO4S/c1-26-17-10-6-15(7-11-17)21(25)27-13-19(24)23-20(18-3-2-12-28-18)14-4-8-16(22)9-5-14/h2-12,20H,13H2,1H3,(H,23,24)/t20-/m1/s1. The third-order valence-corrected chi connectivity index (χ3v) is 4.93. The highest BCUT2D eigenvalue weighted by Crippen LogP contribution is 2.26. The summed E-state index contributed by atoms with van der Waals surface area (Å²) in [6.07, 6.45) is 0. The number of thiophene rings is 1. The van der Waals surface area contributed by atoms with Crippen LogP contribution in [0, 0.1) is 5.82 Å². The van der Waals surface area contributed by atoms with Crippen LogP contribution in [0.4, 0.5) is 4.39 Å². The fraction of sp³-hybridized carbons (Fsp3) is 0.143. The Labute approximate surface area is 165 Å². The van der Waals surface area contributed by atoms with Crippen molar-refractivity contribution in [3.8, 4) is 5.75 Å². The number of halogens is 1. The largest absolute Gasteiger partial charge is 0.497 e. The summed E-state index contributed by atoms with van der Waals surface area (Å²) in [4.78, 5) is 25.3. The third-order valence-electron chi connectivity index (χ3n) is 4.00. The Hall–Kier alpha value is -3.19. The molecule has 0 bridgehead atoms. The van der Waals surface area contributed by atoms with Crippen LogP contribution in [-0.4, -0.2) is 25.6 Å². The maximum Gasteiger partial charge on any atom is 0.338 e. The maximum absolute atomic E-state index is 13.2. The Bertz CT molecular complexity index is 924. The number of nitrogens with one attached hydrogen (secondary N) is 1. The van der Waals surface area contributed by atoms with E-state index in [1.807, 2.05) is 17.5 Å². The van der Waals surface area contributed by atoms with Crippen molar-refractivity contribution in [2.24, 2.45) is 0 Å². The van der Waals surface area contributed by atoms with Crippen LogP contribution in [0.15, 0.2) is 66.0 Å². The zero-order valence-electron chi connectivity index (χ0n) is 15.1. The van der Waals surface area contributed by atoms with Gasteiger partial charge in [-0.2, -0.15) is 0 Å². The first-order valence-electron chi connectivity index (χ1n) is 8.46. The minimum absolute atomic E-state index is 0.321. The lowest BCUT2D eigenvalue weighted by molar-refractivity contribution is -0.124. The van der Waals surface area contributed by atoms with E-state index in [0.29, 0.717) is 11.3 Å². The molecule has 0 fully saturated rings. The summed E-state index contributed by atoms with van der Waals surface area (Å²) >= 11 is 1.47. The van der Waals surface area contributed by atoms with Gasteiger partial charge in [-0.05, 0) is 53.4 Å². The maximum atomic E-state index is 13.2. The Kier molecular flexibility index (Phi) is 6.39. The summed E-state index contributed by atoms with van der Waals surface area (Å²) in [5.41, 5.74) is 1.06. The van der Waals surface area contributed by atoms with Crippen LogP contribution >= 0.6 is 11.3 Å². The van der Waals surface area contributed by atoms with Crippen molar-refractivity contribution < 1.29 is 23.5 Å². The minimum Gasteiger partial charge on any atom is -0.497 e. The minimum atomic E-state index is -0.604. The molecule has 1 aromatic heterocycles. The van der Waals surface area contributed by atoms with Crippen molar-refractivity contribution in [2.45, 2.75) is 6.04 Å². The molecule has 0 aliphatic carbocycles. The van der Waals surface area contributed by atoms with Gasteiger partial charge in [0.25, 0.3) is 5.91 Å². The summed E-state index contributed by atoms with van der Waals surface area (Å²) in [6.45, 7) is -0.423. The number of carbonyl (C=O) groups excluding carboxylic acids is 2. The predicted octanol–water partition coefficient (Wildman–Crippen LogP) is 3.96. The highest BCUT2D eigenvalue weighted by Gasteiger charge is 2.19. The van der Waals surface area contributed by atoms with E-state index in [-0.39, 0.29) is 5.82 Å². The Morgan fingerprint density at radius 1 is 1.07 bits per heavy atom. The first-order chi connectivity index (χ1) is 13.6. The van der Waals surface area contributed by atoms with Crippen LogP contribution < -0.4 is 10.1 Å². The van der Waals surface area contributed by atoms with Crippen LogP contribution in [0.3, 0.4) is 0 Å². The number of benzene rings is 2. The second-order valence-electron chi connectivity index (χ2n) is 5.87. The molecule has 0 saturated carbocycles. The second kappa shape index (κ2) is 9.14. The molecule has 0 unspecified atom stereocenters. The lowest BCUT2D eigenvalue weighted by Crippen LogP contribution is -2.32. The number of esters is 1. The number of methoxy groups -OCH3 is 1. The lowest BCUT2D eigenvalue weighted by atomic mass is 10.1. The van der Waals surface area contributed by atoms with Gasteiger partial charge in [0, 0.05) is 4.88 Å². The lowest BCUT2D eigenvalue weighted by Gasteiger charge is -2.18. The number of ether oxygens (including phenoxy) is 2. The van der Waals surface area contributed by atoms with Gasteiger partial charge in [-0.3, -0.25) is 4.79 Å². The molecule has 0 spiro atoms. The van der Waals surface area contributed by atoms with E-state index < -0.39 is 24.5 Å². The summed E-state index contributed by atoms with van der Waals surface area (Å²) in [5.74, 6) is -0.794. The van der Waals surface area contributed by atoms with Gasteiger partial charge in [-0.25, -0.2) is 9.18 Å². The average Bonchev–Trinajstić information content (AvgIpc) is 3.25. The SMILES string of the molecule is COc1ccc(C(=O)OCC(=O)N[C@H](c2ccc(F)cc2)c2cccs2)cc1. The molecule has 1 amide bonds. The van der Waals surface area contributed by atoms with E-state index >= 15 is 0 Å². The molecule has 1 atom stereocenters. The quantitative estimate of drug-likeness (QED) is 0.611. The number of hydrogen-bond donors (Lipinski definition) is 1. The molecule has 144 valence electrons. The van der Waals surface area contributed by atoms with E-state index in [4.69, 9.17) is 9.47 Å². The summed E-state index contributed by atoms with van der Waals surface area (Å²) < 4.78 is 23.3. The molecular weight excluding hydrogens is 381 g/mol. The van der Waals surface area contributed by atoms with Crippen molar-refractivity contribution in [1.82, 2.24) is 5.32 Å². The van der Waals surface area contributed by atoms with Gasteiger partial charge in [-0.15, -0.1) is 11.3 Å². The van der Waals surface area contributed by atoms with Gasteiger partial charge >= 0.3 is 5.97 Å². The molecule has 5 nitrogen and oxygen atoms in total. The van der Waals surface area contributed by atoms with Crippen LogP contribution in [0.1, 0.15) is 26.8 Å². The summed E-state index contributed by atoms with van der Waals surface area (Å²) in [5, 5.41) is 4.72. The molecule has 28 heavy (non-hydrogen) atoms. The monoisotopic (exact) mass is 399 g/mol. The third kappa shape index (κ3) is 4.95. The molecule has 0 saturated heterocycles. The van der Waals surface area contributed by atoms with Crippen molar-refractivity contribution in [1.29, 1.82) is 0 Å². The molecular formula is C21H18FNO4S. The van der Waals surface area contributed by atoms with Crippen molar-refractivity contribution in [3.05, 3.63) is 87.9 Å². The van der Waals surface area contributed by atoms with Gasteiger partial charge in [-0.1, -0.05) is 18.2 Å². The second-order valence-corrected chi connectivity index (χ2v) is 6.85. The number of carbonyl (C=O) groups is 2. The van der Waals surface area contributed by atoms with E-state index in [9.17, 15) is 14.0 Å². The van der Waals surface area contributed by atoms with E-state index in [0.717, 1.165) is 10.4 Å². The van der Waals surface area contributed by atoms with Crippen molar-refractivity contribution in [3.63, 3.8) is 0 Å². The molecule has 1 N–H and O–H groups in total. The highest BCUT2D eigenvalue weighted by molar-refractivity contribution is 7.10. The van der Waals surface area contributed by atoms with Crippen molar-refractivity contribution in [2.75, 3.05) is 13.7 Å². The first kappa shape index (κ1) is 19.6. The number of amides is 1. The zero-order valence-corrected chi connectivity index (χ0v) is 15.9. The molecule has 0 aliphatic heterocycles. The topological polar surface area (TPSA) is 64.6 Å². The van der Waals surface area contributed by atoms with Gasteiger partial charge in [0.2, 0.25) is 0 Å². The summed E-state index contributed by atoms with van der Waals surface area (Å²) in [6, 6.07) is 15.6. The van der Waals surface area contributed by atoms with Crippen LogP contribution in [0.5, 0.6) is 5.75 Å². The summed E-state index contributed by atoms with van der Waals surface area (Å²) in [7, 11) is 1.53. The molecule has 2 aromatic carbocycles. The normalized spacial score (nSPS) is 11.5. The fourth-order valence-electron chi connectivity index (χ4n) is 2.57. The fourth-order valence-corrected chi connectivity index (χ4v) is 3.38. The van der Waals surface area contributed by atoms with Crippen LogP contribution in [-0.2, 0) is 9.53 Å². The zero-order chi connectivity index (χ0) is 19.9. The molecule has 3 rings (SSSR count).